The van der Waals surface area contributed by atoms with Crippen LogP contribution in [0.25, 0.3) is 0 Å². The molecule has 6 heteroatoms. The van der Waals surface area contributed by atoms with E-state index in [1.165, 1.54) is 6.07 Å². The number of nitrogens with zero attached hydrogens (tertiary/aromatic N) is 1. The second-order valence-electron chi connectivity index (χ2n) is 2.57. The number of hydrogen-bond donors (Lipinski definition) is 2. The van der Waals surface area contributed by atoms with E-state index in [9.17, 15) is 10.1 Å². The predicted octanol–water partition coefficient (Wildman–Crippen LogP) is 1.60. The normalized spacial score (nSPS) is 9.86. The molecule has 76 valence electrons. The summed E-state index contributed by atoms with van der Waals surface area (Å²) in [6, 6.07) is 4.89. The number of nitrogens with one attached hydrogen (secondary N) is 1. The highest BCUT2D eigenvalue weighted by Crippen LogP contribution is 2.25. The number of anilines is 1. The standard InChI is InChI=1S/C8H9IN2O3/c9-6-1-2-7(10-3-4-12)8(5-6)11(13)14/h1-2,5,10,12H,3-4H2. The molecule has 0 unspecified atom stereocenters. The highest BCUT2D eigenvalue weighted by molar-refractivity contribution is 14.1. The SMILES string of the molecule is O=[N+]([O-])c1cc(I)ccc1NCCO. The Labute approximate surface area is 94.4 Å². The van der Waals surface area contributed by atoms with Gasteiger partial charge in [0.1, 0.15) is 5.69 Å². The van der Waals surface area contributed by atoms with Crippen molar-refractivity contribution in [2.45, 2.75) is 0 Å². The van der Waals surface area contributed by atoms with Crippen LogP contribution in [-0.2, 0) is 0 Å². The molecule has 0 bridgehead atoms. The Kier molecular flexibility index (Phi) is 4.08. The monoisotopic (exact) mass is 308 g/mol. The van der Waals surface area contributed by atoms with Crippen molar-refractivity contribution in [2.75, 3.05) is 18.5 Å². The van der Waals surface area contributed by atoms with Gasteiger partial charge in [0.15, 0.2) is 0 Å². The van der Waals surface area contributed by atoms with Crippen molar-refractivity contribution in [3.05, 3.63) is 31.9 Å². The first-order valence-electron chi connectivity index (χ1n) is 3.94. The Hall–Kier alpha value is -0.890. The molecule has 0 radical (unpaired) electrons. The maximum atomic E-state index is 10.6. The van der Waals surface area contributed by atoms with Gasteiger partial charge in [-0.1, -0.05) is 0 Å². The minimum atomic E-state index is -0.443. The summed E-state index contributed by atoms with van der Waals surface area (Å²) < 4.78 is 0.809. The summed E-state index contributed by atoms with van der Waals surface area (Å²) in [5.41, 5.74) is 0.467. The predicted molar refractivity (Wildman–Crippen MR) is 61.4 cm³/mol. The van der Waals surface area contributed by atoms with Gasteiger partial charge in [0.25, 0.3) is 5.69 Å². The van der Waals surface area contributed by atoms with Gasteiger partial charge in [-0.2, -0.15) is 0 Å². The zero-order valence-corrected chi connectivity index (χ0v) is 9.39. The summed E-state index contributed by atoms with van der Waals surface area (Å²) in [4.78, 5) is 10.2. The first kappa shape index (κ1) is 11.2. The van der Waals surface area contributed by atoms with Gasteiger partial charge >= 0.3 is 0 Å². The molecule has 0 aliphatic heterocycles. The van der Waals surface area contributed by atoms with Crippen molar-refractivity contribution in [2.24, 2.45) is 0 Å². The molecule has 1 rings (SSSR count). The maximum Gasteiger partial charge on any atom is 0.293 e. The van der Waals surface area contributed by atoms with Crippen LogP contribution in [0.15, 0.2) is 18.2 Å². The van der Waals surface area contributed by atoms with Crippen LogP contribution >= 0.6 is 22.6 Å². The lowest BCUT2D eigenvalue weighted by Gasteiger charge is -2.04. The summed E-state index contributed by atoms with van der Waals surface area (Å²) in [7, 11) is 0. The third-order valence-electron chi connectivity index (χ3n) is 1.58. The van der Waals surface area contributed by atoms with Gasteiger partial charge in [-0.05, 0) is 34.7 Å². The molecule has 0 aromatic heterocycles. The van der Waals surface area contributed by atoms with E-state index in [2.05, 4.69) is 5.32 Å². The molecular weight excluding hydrogens is 299 g/mol. The van der Waals surface area contributed by atoms with Crippen molar-refractivity contribution in [1.29, 1.82) is 0 Å². The Morgan fingerprint density at radius 2 is 2.29 bits per heavy atom. The molecular formula is C8H9IN2O3. The molecule has 5 nitrogen and oxygen atoms in total. The minimum Gasteiger partial charge on any atom is -0.395 e. The highest BCUT2D eigenvalue weighted by Gasteiger charge is 2.12. The van der Waals surface area contributed by atoms with Gasteiger partial charge in [-0.25, -0.2) is 0 Å². The van der Waals surface area contributed by atoms with Crippen LogP contribution in [-0.4, -0.2) is 23.2 Å². The molecule has 2 N–H and O–H groups in total. The molecule has 0 fully saturated rings. The van der Waals surface area contributed by atoms with Crippen molar-refractivity contribution in [3.8, 4) is 0 Å². The molecule has 0 amide bonds. The second kappa shape index (κ2) is 5.11. The Balaban J connectivity index is 2.96. The van der Waals surface area contributed by atoms with Gasteiger partial charge in [-0.15, -0.1) is 0 Å². The Morgan fingerprint density at radius 3 is 2.86 bits per heavy atom. The summed E-state index contributed by atoms with van der Waals surface area (Å²) >= 11 is 2.01. The lowest BCUT2D eigenvalue weighted by Crippen LogP contribution is -2.07. The van der Waals surface area contributed by atoms with Gasteiger partial charge in [-0.3, -0.25) is 10.1 Å². The third-order valence-corrected chi connectivity index (χ3v) is 2.25. The summed E-state index contributed by atoms with van der Waals surface area (Å²) in [5.74, 6) is 0. The van der Waals surface area contributed by atoms with Crippen LogP contribution in [0.5, 0.6) is 0 Å². The van der Waals surface area contributed by atoms with E-state index in [1.807, 2.05) is 22.6 Å². The van der Waals surface area contributed by atoms with Crippen molar-refractivity contribution < 1.29 is 10.0 Å². The molecule has 1 aromatic carbocycles. The number of aliphatic hydroxyl groups is 1. The minimum absolute atomic E-state index is 0.0327. The van der Waals surface area contributed by atoms with E-state index in [4.69, 9.17) is 5.11 Å². The summed E-state index contributed by atoms with van der Waals surface area (Å²) in [6.45, 7) is 0.255. The zero-order valence-electron chi connectivity index (χ0n) is 7.24. The molecule has 0 heterocycles. The smallest absolute Gasteiger partial charge is 0.293 e. The van der Waals surface area contributed by atoms with Crippen molar-refractivity contribution in [3.63, 3.8) is 0 Å². The van der Waals surface area contributed by atoms with Gasteiger partial charge in [0.05, 0.1) is 11.5 Å². The fraction of sp³-hybridized carbons (Fsp3) is 0.250. The van der Waals surface area contributed by atoms with E-state index in [0.717, 1.165) is 3.57 Å². The lowest BCUT2D eigenvalue weighted by molar-refractivity contribution is -0.384. The lowest BCUT2D eigenvalue weighted by atomic mass is 10.2. The van der Waals surface area contributed by atoms with Crippen molar-refractivity contribution in [1.82, 2.24) is 0 Å². The fourth-order valence-corrected chi connectivity index (χ4v) is 1.47. The fourth-order valence-electron chi connectivity index (χ4n) is 0.996. The Morgan fingerprint density at radius 1 is 1.57 bits per heavy atom. The third kappa shape index (κ3) is 2.81. The first-order chi connectivity index (χ1) is 6.65. The largest absolute Gasteiger partial charge is 0.395 e. The number of benzene rings is 1. The molecule has 1 aromatic rings. The van der Waals surface area contributed by atoms with E-state index < -0.39 is 4.92 Å². The van der Waals surface area contributed by atoms with E-state index in [1.54, 1.807) is 12.1 Å². The summed E-state index contributed by atoms with van der Waals surface area (Å²) in [5, 5.41) is 22.0. The van der Waals surface area contributed by atoms with Crippen LogP contribution in [0.3, 0.4) is 0 Å². The molecule has 0 spiro atoms. The molecule has 14 heavy (non-hydrogen) atoms. The number of nitro benzene ring substituents is 1. The Bertz CT molecular complexity index is 343. The van der Waals surface area contributed by atoms with Crippen LogP contribution in [0.1, 0.15) is 0 Å². The van der Waals surface area contributed by atoms with Crippen LogP contribution < -0.4 is 5.32 Å². The number of rotatable bonds is 4. The van der Waals surface area contributed by atoms with Gasteiger partial charge in [0, 0.05) is 16.2 Å². The van der Waals surface area contributed by atoms with Gasteiger partial charge < -0.3 is 10.4 Å². The topological polar surface area (TPSA) is 75.4 Å². The van der Waals surface area contributed by atoms with Crippen LogP contribution in [0.2, 0.25) is 0 Å². The van der Waals surface area contributed by atoms with Crippen LogP contribution in [0, 0.1) is 13.7 Å². The van der Waals surface area contributed by atoms with Gasteiger partial charge in [0.2, 0.25) is 0 Å². The molecule has 0 aliphatic carbocycles. The van der Waals surface area contributed by atoms with Crippen molar-refractivity contribution >= 4 is 34.0 Å². The second-order valence-corrected chi connectivity index (χ2v) is 3.81. The quantitative estimate of drug-likeness (QED) is 0.503. The first-order valence-corrected chi connectivity index (χ1v) is 5.01. The zero-order chi connectivity index (χ0) is 10.6. The average molecular weight is 308 g/mol. The van der Waals surface area contributed by atoms with E-state index in [-0.39, 0.29) is 12.3 Å². The highest BCUT2D eigenvalue weighted by atomic mass is 127. The van der Waals surface area contributed by atoms with Crippen LogP contribution in [0.4, 0.5) is 11.4 Å². The number of hydrogen-bond acceptors (Lipinski definition) is 4. The average Bonchev–Trinajstić information content (AvgIpc) is 2.15. The summed E-state index contributed by atoms with van der Waals surface area (Å²) in [6.07, 6.45) is 0. The molecule has 0 saturated heterocycles. The maximum absolute atomic E-state index is 10.6. The number of nitro groups is 1. The molecule has 0 aliphatic rings. The number of halogens is 1. The molecule has 0 atom stereocenters. The number of aliphatic hydroxyl groups excluding tert-OH is 1. The van der Waals surface area contributed by atoms with E-state index in [0.29, 0.717) is 12.2 Å². The van der Waals surface area contributed by atoms with E-state index >= 15 is 0 Å². The molecule has 0 saturated carbocycles.